The van der Waals surface area contributed by atoms with Crippen LogP contribution in [0.1, 0.15) is 38.8 Å². The molecule has 0 aliphatic heterocycles. The van der Waals surface area contributed by atoms with Crippen molar-refractivity contribution in [1.29, 1.82) is 0 Å². The van der Waals surface area contributed by atoms with Crippen LogP contribution in [0, 0.1) is 0 Å². The summed E-state index contributed by atoms with van der Waals surface area (Å²) in [6.45, 7) is 6.15. The average molecular weight is 344 g/mol. The molecule has 1 aromatic rings. The molecule has 0 saturated heterocycles. The second kappa shape index (κ2) is 8.44. The van der Waals surface area contributed by atoms with E-state index in [1.807, 2.05) is 0 Å². The van der Waals surface area contributed by atoms with E-state index in [2.05, 4.69) is 26.1 Å². The van der Waals surface area contributed by atoms with Gasteiger partial charge in [-0.1, -0.05) is 44.5 Å². The van der Waals surface area contributed by atoms with Gasteiger partial charge >= 0.3 is 5.97 Å². The minimum absolute atomic E-state index is 0.00938. The fraction of sp³-hybridized carbons (Fsp3) is 0.500. The number of nitrogens with one attached hydrogen (secondary N) is 1. The summed E-state index contributed by atoms with van der Waals surface area (Å²) in [7, 11) is 1.33. The Hall–Kier alpha value is -1.20. The first-order valence-electron chi connectivity index (χ1n) is 6.97. The molecule has 0 radical (unpaired) electrons. The van der Waals surface area contributed by atoms with Gasteiger partial charge in [-0.3, -0.25) is 9.59 Å². The largest absolute Gasteiger partial charge is 0.469 e. The lowest BCUT2D eigenvalue weighted by atomic mass is 10.0. The molecule has 0 saturated carbocycles. The van der Waals surface area contributed by atoms with E-state index in [1.54, 1.807) is 36.0 Å². The number of hydrogen-bond acceptors (Lipinski definition) is 4. The number of ether oxygens (including phenoxy) is 1. The van der Waals surface area contributed by atoms with Crippen LogP contribution in [-0.4, -0.2) is 29.5 Å². The molecule has 4 nitrogen and oxygen atoms in total. The standard InChI is InChI=1S/C16H22ClNO3S/c1-16(2,3)22-10-14(19)18-13(9-15(20)21-4)11-5-7-12(17)8-6-11/h5-8,13H,9-10H2,1-4H3,(H,18,19). The van der Waals surface area contributed by atoms with Crippen LogP contribution in [0.2, 0.25) is 5.02 Å². The third-order valence-corrected chi connectivity index (χ3v) is 4.37. The van der Waals surface area contributed by atoms with Crippen LogP contribution >= 0.6 is 23.4 Å². The summed E-state index contributed by atoms with van der Waals surface area (Å²) in [4.78, 5) is 23.7. The molecule has 0 aromatic heterocycles. The smallest absolute Gasteiger partial charge is 0.307 e. The Kier molecular flexibility index (Phi) is 7.23. The molecular weight excluding hydrogens is 322 g/mol. The van der Waals surface area contributed by atoms with Crippen molar-refractivity contribution >= 4 is 35.2 Å². The second-order valence-corrected chi connectivity index (χ2v) is 8.09. The monoisotopic (exact) mass is 343 g/mol. The van der Waals surface area contributed by atoms with Gasteiger partial charge in [0.15, 0.2) is 0 Å². The minimum Gasteiger partial charge on any atom is -0.469 e. The Morgan fingerprint density at radius 2 is 1.86 bits per heavy atom. The minimum atomic E-state index is -0.419. The average Bonchev–Trinajstić information content (AvgIpc) is 2.44. The molecule has 0 heterocycles. The Morgan fingerprint density at radius 1 is 1.27 bits per heavy atom. The van der Waals surface area contributed by atoms with E-state index in [9.17, 15) is 9.59 Å². The predicted octanol–water partition coefficient (Wildman–Crippen LogP) is 3.59. The van der Waals surface area contributed by atoms with E-state index < -0.39 is 6.04 Å². The number of esters is 1. The number of rotatable bonds is 6. The molecule has 1 N–H and O–H groups in total. The van der Waals surface area contributed by atoms with E-state index in [4.69, 9.17) is 16.3 Å². The summed E-state index contributed by atoms with van der Waals surface area (Å²) in [5, 5.41) is 3.49. The van der Waals surface area contributed by atoms with Crippen LogP contribution in [0.4, 0.5) is 0 Å². The molecule has 0 fully saturated rings. The van der Waals surface area contributed by atoms with E-state index in [0.29, 0.717) is 10.8 Å². The Balaban J connectivity index is 2.76. The Labute approximate surface area is 140 Å². The number of amides is 1. The molecule has 0 bridgehead atoms. The first kappa shape index (κ1) is 18.8. The number of carbonyl (C=O) groups excluding carboxylic acids is 2. The van der Waals surface area contributed by atoms with Crippen molar-refractivity contribution in [3.05, 3.63) is 34.9 Å². The number of thioether (sulfide) groups is 1. The normalized spacial score (nSPS) is 12.6. The molecule has 0 aliphatic carbocycles. The van der Waals surface area contributed by atoms with Crippen molar-refractivity contribution in [2.45, 2.75) is 38.0 Å². The van der Waals surface area contributed by atoms with Gasteiger partial charge in [0.25, 0.3) is 0 Å². The van der Waals surface area contributed by atoms with Gasteiger partial charge in [0.05, 0.1) is 25.3 Å². The number of methoxy groups -OCH3 is 1. The molecule has 1 amide bonds. The van der Waals surface area contributed by atoms with E-state index in [-0.39, 0.29) is 23.0 Å². The summed E-state index contributed by atoms with van der Waals surface area (Å²) in [6, 6.07) is 6.65. The topological polar surface area (TPSA) is 55.4 Å². The lowest BCUT2D eigenvalue weighted by Crippen LogP contribution is -2.32. The number of hydrogen-bond donors (Lipinski definition) is 1. The van der Waals surface area contributed by atoms with Crippen molar-refractivity contribution in [3.8, 4) is 0 Å². The van der Waals surface area contributed by atoms with Crippen molar-refractivity contribution < 1.29 is 14.3 Å². The number of benzene rings is 1. The Bertz CT molecular complexity index is 511. The zero-order valence-corrected chi connectivity index (χ0v) is 14.9. The van der Waals surface area contributed by atoms with Crippen LogP contribution in [0.15, 0.2) is 24.3 Å². The van der Waals surface area contributed by atoms with Crippen LogP contribution in [0.5, 0.6) is 0 Å². The molecule has 6 heteroatoms. The lowest BCUT2D eigenvalue weighted by Gasteiger charge is -2.21. The maximum absolute atomic E-state index is 12.1. The van der Waals surface area contributed by atoms with Gasteiger partial charge in [-0.2, -0.15) is 0 Å². The van der Waals surface area contributed by atoms with Crippen LogP contribution in [0.3, 0.4) is 0 Å². The first-order chi connectivity index (χ1) is 10.2. The number of halogens is 1. The van der Waals surface area contributed by atoms with Gasteiger partial charge in [-0.05, 0) is 17.7 Å². The second-order valence-electron chi connectivity index (χ2n) is 5.85. The van der Waals surface area contributed by atoms with E-state index in [0.717, 1.165) is 5.56 Å². The van der Waals surface area contributed by atoms with Crippen LogP contribution < -0.4 is 5.32 Å². The van der Waals surface area contributed by atoms with Gasteiger partial charge in [0, 0.05) is 9.77 Å². The van der Waals surface area contributed by atoms with Gasteiger partial charge in [0.1, 0.15) is 0 Å². The molecule has 1 rings (SSSR count). The summed E-state index contributed by atoms with van der Waals surface area (Å²) in [6.07, 6.45) is 0.0874. The van der Waals surface area contributed by atoms with E-state index in [1.165, 1.54) is 7.11 Å². The molecular formula is C16H22ClNO3S. The van der Waals surface area contributed by atoms with Crippen LogP contribution in [-0.2, 0) is 14.3 Å². The third-order valence-electron chi connectivity index (χ3n) is 2.84. The summed E-state index contributed by atoms with van der Waals surface area (Å²) in [5.74, 6) is -0.137. The van der Waals surface area contributed by atoms with Crippen molar-refractivity contribution in [3.63, 3.8) is 0 Å². The van der Waals surface area contributed by atoms with Gasteiger partial charge in [-0.15, -0.1) is 11.8 Å². The van der Waals surface area contributed by atoms with Crippen molar-refractivity contribution in [1.82, 2.24) is 5.32 Å². The quantitative estimate of drug-likeness (QED) is 0.802. The highest BCUT2D eigenvalue weighted by Crippen LogP contribution is 2.24. The van der Waals surface area contributed by atoms with Gasteiger partial charge in [0.2, 0.25) is 5.91 Å². The molecule has 122 valence electrons. The van der Waals surface area contributed by atoms with Gasteiger partial charge in [-0.25, -0.2) is 0 Å². The molecule has 0 aliphatic rings. The molecule has 1 unspecified atom stereocenters. The highest BCUT2D eigenvalue weighted by molar-refractivity contribution is 8.01. The summed E-state index contributed by atoms with van der Waals surface area (Å²) >= 11 is 7.43. The third kappa shape index (κ3) is 7.18. The first-order valence-corrected chi connectivity index (χ1v) is 8.33. The molecule has 1 aromatic carbocycles. The summed E-state index contributed by atoms with van der Waals surface area (Å²) in [5.41, 5.74) is 0.823. The number of carbonyl (C=O) groups is 2. The molecule has 0 spiro atoms. The van der Waals surface area contributed by atoms with Crippen LogP contribution in [0.25, 0.3) is 0 Å². The summed E-state index contributed by atoms with van der Waals surface area (Å²) < 4.78 is 4.71. The highest BCUT2D eigenvalue weighted by Gasteiger charge is 2.20. The van der Waals surface area contributed by atoms with Gasteiger partial charge < -0.3 is 10.1 Å². The SMILES string of the molecule is COC(=O)CC(NC(=O)CSC(C)(C)C)c1ccc(Cl)cc1. The Morgan fingerprint density at radius 3 is 2.36 bits per heavy atom. The zero-order valence-electron chi connectivity index (χ0n) is 13.3. The highest BCUT2D eigenvalue weighted by atomic mass is 35.5. The fourth-order valence-corrected chi connectivity index (χ4v) is 2.49. The molecule has 1 atom stereocenters. The maximum Gasteiger partial charge on any atom is 0.307 e. The predicted molar refractivity (Wildman–Crippen MR) is 91.2 cm³/mol. The maximum atomic E-state index is 12.1. The van der Waals surface area contributed by atoms with Crippen molar-refractivity contribution in [2.24, 2.45) is 0 Å². The lowest BCUT2D eigenvalue weighted by molar-refractivity contribution is -0.141. The van der Waals surface area contributed by atoms with E-state index >= 15 is 0 Å². The van der Waals surface area contributed by atoms with Crippen molar-refractivity contribution in [2.75, 3.05) is 12.9 Å². The zero-order chi connectivity index (χ0) is 16.8. The molecule has 22 heavy (non-hydrogen) atoms. The fourth-order valence-electron chi connectivity index (χ4n) is 1.72.